The third kappa shape index (κ3) is 1.05. The van der Waals surface area contributed by atoms with Crippen LogP contribution in [0.2, 0.25) is 0 Å². The van der Waals surface area contributed by atoms with Gasteiger partial charge in [-0.15, -0.1) is 0 Å². The fourth-order valence-electron chi connectivity index (χ4n) is 1.39. The Morgan fingerprint density at radius 1 is 1.62 bits per heavy atom. The van der Waals surface area contributed by atoms with Crippen molar-refractivity contribution in [1.29, 1.82) is 5.26 Å². The van der Waals surface area contributed by atoms with E-state index in [0.717, 1.165) is 0 Å². The van der Waals surface area contributed by atoms with Gasteiger partial charge in [0.15, 0.2) is 0 Å². The minimum absolute atomic E-state index is 0.0505. The van der Waals surface area contributed by atoms with E-state index in [9.17, 15) is 4.39 Å². The maximum atomic E-state index is 13.0. The van der Waals surface area contributed by atoms with Gasteiger partial charge in [0, 0.05) is 5.56 Å². The van der Waals surface area contributed by atoms with Gasteiger partial charge < -0.3 is 10.5 Å². The van der Waals surface area contributed by atoms with Gasteiger partial charge >= 0.3 is 0 Å². The Hall–Kier alpha value is -1.60. The topological polar surface area (TPSA) is 59.0 Å². The molecule has 0 bridgehead atoms. The van der Waals surface area contributed by atoms with Crippen LogP contribution in [0.4, 0.5) is 4.39 Å². The zero-order valence-electron chi connectivity index (χ0n) is 6.75. The van der Waals surface area contributed by atoms with Crippen LogP contribution in [0.25, 0.3) is 0 Å². The summed E-state index contributed by atoms with van der Waals surface area (Å²) in [6.07, 6.45) is 0. The number of rotatable bonds is 0. The zero-order chi connectivity index (χ0) is 9.42. The van der Waals surface area contributed by atoms with Gasteiger partial charge in [0.1, 0.15) is 29.8 Å². The van der Waals surface area contributed by atoms with Gasteiger partial charge in [-0.1, -0.05) is 6.07 Å². The van der Waals surface area contributed by atoms with Crippen molar-refractivity contribution in [1.82, 2.24) is 0 Å². The van der Waals surface area contributed by atoms with E-state index in [1.165, 1.54) is 6.07 Å². The molecule has 0 saturated heterocycles. The van der Waals surface area contributed by atoms with E-state index in [-0.39, 0.29) is 11.6 Å². The fraction of sp³-hybridized carbons (Fsp3) is 0.222. The molecule has 2 rings (SSSR count). The van der Waals surface area contributed by atoms with Crippen LogP contribution in [-0.2, 0) is 0 Å². The normalized spacial score (nSPS) is 19.0. The summed E-state index contributed by atoms with van der Waals surface area (Å²) in [5, 5.41) is 8.66. The van der Waals surface area contributed by atoms with Gasteiger partial charge in [-0.3, -0.25) is 0 Å². The molecule has 0 aliphatic carbocycles. The fourth-order valence-corrected chi connectivity index (χ4v) is 1.39. The van der Waals surface area contributed by atoms with Gasteiger partial charge in [0.2, 0.25) is 0 Å². The summed E-state index contributed by atoms with van der Waals surface area (Å²) in [7, 11) is 0. The molecule has 13 heavy (non-hydrogen) atoms. The van der Waals surface area contributed by atoms with Crippen molar-refractivity contribution >= 4 is 0 Å². The summed E-state index contributed by atoms with van der Waals surface area (Å²) in [6, 6.07) is 4.31. The molecule has 0 spiro atoms. The van der Waals surface area contributed by atoms with Crippen molar-refractivity contribution in [2.24, 2.45) is 5.73 Å². The molecule has 2 N–H and O–H groups in total. The van der Waals surface area contributed by atoms with Crippen molar-refractivity contribution in [3.8, 4) is 11.8 Å². The van der Waals surface area contributed by atoms with E-state index in [1.807, 2.05) is 0 Å². The number of hydrogen-bond donors (Lipinski definition) is 1. The van der Waals surface area contributed by atoms with Crippen LogP contribution in [0.3, 0.4) is 0 Å². The predicted molar refractivity (Wildman–Crippen MR) is 43.5 cm³/mol. The molecule has 1 aliphatic heterocycles. The van der Waals surface area contributed by atoms with Crippen molar-refractivity contribution in [2.45, 2.75) is 6.04 Å². The number of benzene rings is 1. The number of nitrogens with two attached hydrogens (primary N) is 1. The van der Waals surface area contributed by atoms with Crippen LogP contribution in [-0.4, -0.2) is 6.61 Å². The first-order valence-corrected chi connectivity index (χ1v) is 3.85. The number of ether oxygens (including phenoxy) is 1. The Bertz CT molecular complexity index is 397. The molecule has 1 atom stereocenters. The highest BCUT2D eigenvalue weighted by molar-refractivity contribution is 5.52. The average molecular weight is 178 g/mol. The van der Waals surface area contributed by atoms with E-state index in [4.69, 9.17) is 15.7 Å². The maximum Gasteiger partial charge on any atom is 0.145 e. The number of nitriles is 1. The molecule has 66 valence electrons. The third-order valence-corrected chi connectivity index (χ3v) is 2.06. The number of fused-ring (bicyclic) bond motifs is 1. The predicted octanol–water partition coefficient (Wildman–Crippen LogP) is 1.09. The molecule has 0 fully saturated rings. The number of halogens is 1. The van der Waals surface area contributed by atoms with Gasteiger partial charge in [-0.05, 0) is 6.07 Å². The molecule has 4 heteroatoms. The molecule has 1 aromatic rings. The molecular weight excluding hydrogens is 171 g/mol. The van der Waals surface area contributed by atoms with E-state index < -0.39 is 5.82 Å². The maximum absolute atomic E-state index is 13.0. The van der Waals surface area contributed by atoms with Crippen molar-refractivity contribution < 1.29 is 9.13 Å². The largest absolute Gasteiger partial charge is 0.490 e. The number of hydrogen-bond acceptors (Lipinski definition) is 3. The Balaban J connectivity index is 2.66. The molecule has 0 amide bonds. The lowest BCUT2D eigenvalue weighted by Crippen LogP contribution is -2.10. The van der Waals surface area contributed by atoms with E-state index in [1.54, 1.807) is 12.1 Å². The van der Waals surface area contributed by atoms with Crippen LogP contribution in [0.15, 0.2) is 12.1 Å². The van der Waals surface area contributed by atoms with Gasteiger partial charge in [0.25, 0.3) is 0 Å². The van der Waals surface area contributed by atoms with Crippen LogP contribution in [0, 0.1) is 17.1 Å². The van der Waals surface area contributed by atoms with Crippen LogP contribution >= 0.6 is 0 Å². The number of nitrogens with zero attached hydrogens (tertiary/aromatic N) is 1. The van der Waals surface area contributed by atoms with Gasteiger partial charge in [-0.2, -0.15) is 5.26 Å². The van der Waals surface area contributed by atoms with Crippen molar-refractivity contribution in [2.75, 3.05) is 6.61 Å². The lowest BCUT2D eigenvalue weighted by molar-refractivity contribution is 0.331. The SMILES string of the molecule is N#Cc1c(F)ccc2c1OC[C@@H]2N. The molecular formula is C9H7FN2O. The van der Waals surface area contributed by atoms with Crippen LogP contribution in [0.5, 0.6) is 5.75 Å². The molecule has 0 aromatic heterocycles. The average Bonchev–Trinajstić information content (AvgIpc) is 2.48. The third-order valence-electron chi connectivity index (χ3n) is 2.06. The van der Waals surface area contributed by atoms with Gasteiger partial charge in [-0.25, -0.2) is 4.39 Å². The standard InChI is InChI=1S/C9H7FN2O/c10-7-2-1-5-8(12)4-13-9(5)6(7)3-11/h1-2,8H,4,12H2/t8-/m0/s1. The van der Waals surface area contributed by atoms with E-state index >= 15 is 0 Å². The van der Waals surface area contributed by atoms with Gasteiger partial charge in [0.05, 0.1) is 6.04 Å². The summed E-state index contributed by atoms with van der Waals surface area (Å²) < 4.78 is 18.2. The molecule has 1 heterocycles. The van der Waals surface area contributed by atoms with E-state index in [2.05, 4.69) is 0 Å². The summed E-state index contributed by atoms with van der Waals surface area (Å²) in [4.78, 5) is 0. The molecule has 3 nitrogen and oxygen atoms in total. The highest BCUT2D eigenvalue weighted by Gasteiger charge is 2.25. The second-order valence-electron chi connectivity index (χ2n) is 2.87. The molecule has 0 saturated carbocycles. The Kier molecular flexibility index (Phi) is 1.67. The summed E-state index contributed by atoms with van der Waals surface area (Å²) in [6.45, 7) is 0.313. The second-order valence-corrected chi connectivity index (χ2v) is 2.87. The zero-order valence-corrected chi connectivity index (χ0v) is 6.75. The minimum Gasteiger partial charge on any atom is -0.490 e. The Labute approximate surface area is 74.5 Å². The molecule has 1 aromatic carbocycles. The molecule has 0 unspecified atom stereocenters. The molecule has 0 radical (unpaired) electrons. The Morgan fingerprint density at radius 3 is 3.08 bits per heavy atom. The minimum atomic E-state index is -0.560. The summed E-state index contributed by atoms with van der Waals surface area (Å²) in [5.74, 6) is -0.259. The second kappa shape index (κ2) is 2.71. The van der Waals surface area contributed by atoms with Crippen molar-refractivity contribution in [3.05, 3.63) is 29.1 Å². The molecule has 1 aliphatic rings. The highest BCUT2D eigenvalue weighted by atomic mass is 19.1. The monoisotopic (exact) mass is 178 g/mol. The van der Waals surface area contributed by atoms with Crippen LogP contribution < -0.4 is 10.5 Å². The quantitative estimate of drug-likeness (QED) is 0.646. The smallest absolute Gasteiger partial charge is 0.145 e. The lowest BCUT2D eigenvalue weighted by atomic mass is 10.1. The highest BCUT2D eigenvalue weighted by Crippen LogP contribution is 2.34. The Morgan fingerprint density at radius 2 is 2.38 bits per heavy atom. The first-order valence-electron chi connectivity index (χ1n) is 3.85. The first kappa shape index (κ1) is 8.02. The van der Waals surface area contributed by atoms with Crippen molar-refractivity contribution in [3.63, 3.8) is 0 Å². The summed E-state index contributed by atoms with van der Waals surface area (Å²) in [5.41, 5.74) is 6.32. The van der Waals surface area contributed by atoms with E-state index in [0.29, 0.717) is 17.9 Å². The van der Waals surface area contributed by atoms with Crippen LogP contribution in [0.1, 0.15) is 17.2 Å². The lowest BCUT2D eigenvalue weighted by Gasteiger charge is -2.01. The summed E-state index contributed by atoms with van der Waals surface area (Å²) >= 11 is 0. The first-order chi connectivity index (χ1) is 6.24.